The third-order valence-electron chi connectivity index (χ3n) is 4.74. The predicted molar refractivity (Wildman–Crippen MR) is 113 cm³/mol. The molecule has 0 spiro atoms. The van der Waals surface area contributed by atoms with E-state index in [0.717, 1.165) is 12.8 Å². The van der Waals surface area contributed by atoms with E-state index in [4.69, 9.17) is 12.2 Å². The largest absolute Gasteiger partial charge is 0.416 e. The first-order chi connectivity index (χ1) is 14.1. The van der Waals surface area contributed by atoms with E-state index in [1.807, 2.05) is 20.8 Å². The van der Waals surface area contributed by atoms with Crippen molar-refractivity contribution in [1.29, 1.82) is 0 Å². The van der Waals surface area contributed by atoms with Gasteiger partial charge in [-0.25, -0.2) is 8.93 Å². The number of alkyl halides is 6. The molecule has 3 atom stereocenters. The molecular weight excluding hydrogens is 464 g/mol. The molecule has 1 aromatic carbocycles. The average Bonchev–Trinajstić information content (AvgIpc) is 2.60. The molecule has 1 aliphatic carbocycles. The van der Waals surface area contributed by atoms with Gasteiger partial charge < -0.3 is 10.6 Å². The van der Waals surface area contributed by atoms with Crippen LogP contribution in [0.1, 0.15) is 57.6 Å². The lowest BCUT2D eigenvalue weighted by Crippen LogP contribution is -2.54. The minimum absolute atomic E-state index is 0.0601. The molecule has 0 heterocycles. The summed E-state index contributed by atoms with van der Waals surface area (Å²) < 4.78 is 93.2. The van der Waals surface area contributed by atoms with Gasteiger partial charge in [-0.2, -0.15) is 26.3 Å². The van der Waals surface area contributed by atoms with Crippen LogP contribution in [0.2, 0.25) is 0 Å². The Morgan fingerprint density at radius 3 is 1.87 bits per heavy atom. The highest BCUT2D eigenvalue weighted by atomic mass is 32.2. The Bertz CT molecular complexity index is 788. The van der Waals surface area contributed by atoms with Crippen LogP contribution in [0.5, 0.6) is 0 Å². The molecule has 0 aliphatic heterocycles. The summed E-state index contributed by atoms with van der Waals surface area (Å²) in [6, 6.07) is 0.738. The lowest BCUT2D eigenvalue weighted by atomic mass is 9.91. The van der Waals surface area contributed by atoms with Crippen LogP contribution in [0.3, 0.4) is 0 Å². The molecule has 1 saturated carbocycles. The summed E-state index contributed by atoms with van der Waals surface area (Å²) in [4.78, 5) is 0. The van der Waals surface area contributed by atoms with Crippen molar-refractivity contribution >= 4 is 34.0 Å². The van der Waals surface area contributed by atoms with Crippen molar-refractivity contribution in [3.63, 3.8) is 0 Å². The molecule has 1 fully saturated rings. The fourth-order valence-corrected chi connectivity index (χ4v) is 4.30. The zero-order chi connectivity index (χ0) is 23.6. The summed E-state index contributed by atoms with van der Waals surface area (Å²) in [6.45, 7) is 5.46. The van der Waals surface area contributed by atoms with Gasteiger partial charge in [0.05, 0.1) is 26.9 Å². The summed E-state index contributed by atoms with van der Waals surface area (Å²) in [7, 11) is -1.34. The van der Waals surface area contributed by atoms with Crippen LogP contribution in [-0.4, -0.2) is 26.2 Å². The van der Waals surface area contributed by atoms with Crippen LogP contribution in [0.25, 0.3) is 0 Å². The van der Waals surface area contributed by atoms with E-state index in [1.54, 1.807) is 0 Å². The highest BCUT2D eigenvalue weighted by molar-refractivity contribution is 7.84. The Hall–Kier alpha value is -1.40. The van der Waals surface area contributed by atoms with Crippen molar-refractivity contribution in [3.8, 4) is 0 Å². The molecular formula is C19H25F6N3OS2. The summed E-state index contributed by atoms with van der Waals surface area (Å²) >= 11 is 5.14. The molecule has 0 amide bonds. The Balaban J connectivity index is 2.16. The molecule has 1 aromatic rings. The van der Waals surface area contributed by atoms with Gasteiger partial charge in [-0.15, -0.1) is 0 Å². The molecule has 1 unspecified atom stereocenters. The Morgan fingerprint density at radius 1 is 0.935 bits per heavy atom. The second-order valence-corrected chi connectivity index (χ2v) is 10.8. The number of thiocarbonyl (C=S) groups is 1. The van der Waals surface area contributed by atoms with Gasteiger partial charge in [0.1, 0.15) is 0 Å². The molecule has 12 heteroatoms. The summed E-state index contributed by atoms with van der Waals surface area (Å²) in [5.74, 6) is 0. The van der Waals surface area contributed by atoms with Crippen LogP contribution in [0, 0.1) is 0 Å². The SMILES string of the molecule is CC(C)(C)S(=O)N[C@@H]1CCCC[C@H]1NC(=S)Nc1cc(C(F)(F)F)cc(C(F)(F)F)c1. The van der Waals surface area contributed by atoms with E-state index in [-0.39, 0.29) is 23.3 Å². The molecule has 0 radical (unpaired) electrons. The molecule has 0 bridgehead atoms. The summed E-state index contributed by atoms with van der Waals surface area (Å²) in [6.07, 6.45) is -6.74. The van der Waals surface area contributed by atoms with E-state index in [0.29, 0.717) is 25.0 Å². The number of hydrogen-bond donors (Lipinski definition) is 3. The number of halogens is 6. The van der Waals surface area contributed by atoms with Gasteiger partial charge in [0, 0.05) is 17.8 Å². The third kappa shape index (κ3) is 7.60. The molecule has 0 aromatic heterocycles. The van der Waals surface area contributed by atoms with E-state index in [2.05, 4.69) is 15.4 Å². The number of benzene rings is 1. The lowest BCUT2D eigenvalue weighted by Gasteiger charge is -2.35. The fourth-order valence-electron chi connectivity index (χ4n) is 3.12. The number of hydrogen-bond acceptors (Lipinski definition) is 2. The monoisotopic (exact) mass is 489 g/mol. The minimum atomic E-state index is -4.94. The van der Waals surface area contributed by atoms with Gasteiger partial charge >= 0.3 is 12.4 Å². The van der Waals surface area contributed by atoms with Crippen LogP contribution in [0.4, 0.5) is 32.0 Å². The van der Waals surface area contributed by atoms with Crippen molar-refractivity contribution in [2.75, 3.05) is 5.32 Å². The molecule has 4 nitrogen and oxygen atoms in total. The molecule has 2 rings (SSSR count). The molecule has 31 heavy (non-hydrogen) atoms. The van der Waals surface area contributed by atoms with Crippen molar-refractivity contribution in [2.45, 2.75) is 75.6 Å². The molecule has 0 saturated heterocycles. The highest BCUT2D eigenvalue weighted by Gasteiger charge is 2.37. The maximum absolute atomic E-state index is 13.0. The Morgan fingerprint density at radius 2 is 1.42 bits per heavy atom. The third-order valence-corrected chi connectivity index (χ3v) is 6.59. The highest BCUT2D eigenvalue weighted by Crippen LogP contribution is 2.37. The van der Waals surface area contributed by atoms with Crippen molar-refractivity contribution in [2.24, 2.45) is 0 Å². The predicted octanol–water partition coefficient (Wildman–Crippen LogP) is 5.37. The smallest absolute Gasteiger partial charge is 0.358 e. The first-order valence-corrected chi connectivity index (χ1v) is 11.2. The van der Waals surface area contributed by atoms with Gasteiger partial charge in [-0.05, 0) is 64.0 Å². The van der Waals surface area contributed by atoms with E-state index in [9.17, 15) is 30.6 Å². The Kier molecular flexibility index (Phi) is 8.02. The lowest BCUT2D eigenvalue weighted by molar-refractivity contribution is -0.143. The fraction of sp³-hybridized carbons (Fsp3) is 0.632. The minimum Gasteiger partial charge on any atom is -0.358 e. The second-order valence-electron chi connectivity index (χ2n) is 8.39. The first kappa shape index (κ1) is 25.9. The zero-order valence-corrected chi connectivity index (χ0v) is 18.8. The van der Waals surface area contributed by atoms with Gasteiger partial charge in [-0.3, -0.25) is 0 Å². The van der Waals surface area contributed by atoms with E-state index < -0.39 is 44.9 Å². The summed E-state index contributed by atoms with van der Waals surface area (Å²) in [5.41, 5.74) is -3.27. The molecule has 1 aliphatic rings. The normalized spacial score (nSPS) is 21.5. The molecule has 3 N–H and O–H groups in total. The van der Waals surface area contributed by atoms with Crippen LogP contribution in [-0.2, 0) is 23.3 Å². The first-order valence-electron chi connectivity index (χ1n) is 9.62. The van der Waals surface area contributed by atoms with Crippen molar-refractivity contribution < 1.29 is 30.6 Å². The van der Waals surface area contributed by atoms with Crippen molar-refractivity contribution in [1.82, 2.24) is 10.0 Å². The number of rotatable bonds is 4. The van der Waals surface area contributed by atoms with Crippen LogP contribution in [0.15, 0.2) is 18.2 Å². The Labute approximate surface area is 185 Å². The van der Waals surface area contributed by atoms with E-state index in [1.165, 1.54) is 0 Å². The van der Waals surface area contributed by atoms with Crippen molar-refractivity contribution in [3.05, 3.63) is 29.3 Å². The van der Waals surface area contributed by atoms with Gasteiger partial charge in [0.2, 0.25) is 0 Å². The van der Waals surface area contributed by atoms with Gasteiger partial charge in [-0.1, -0.05) is 12.8 Å². The number of anilines is 1. The molecule has 176 valence electrons. The maximum Gasteiger partial charge on any atom is 0.416 e. The second kappa shape index (κ2) is 9.62. The quantitative estimate of drug-likeness (QED) is 0.393. The van der Waals surface area contributed by atoms with E-state index >= 15 is 0 Å². The van der Waals surface area contributed by atoms with Crippen LogP contribution < -0.4 is 15.4 Å². The topological polar surface area (TPSA) is 53.2 Å². The average molecular weight is 490 g/mol. The zero-order valence-electron chi connectivity index (χ0n) is 17.2. The van der Waals surface area contributed by atoms with Gasteiger partial charge in [0.25, 0.3) is 0 Å². The summed E-state index contributed by atoms with van der Waals surface area (Å²) in [5, 5.41) is 5.28. The maximum atomic E-state index is 13.0. The van der Waals surface area contributed by atoms with Gasteiger partial charge in [0.15, 0.2) is 5.11 Å². The standard InChI is InChI=1S/C19H25F6N3OS2/c1-17(2,3)31(29)28-15-7-5-4-6-14(15)27-16(30)26-13-9-11(18(20,21)22)8-12(10-13)19(23,24)25/h8-10,14-15,28H,4-7H2,1-3H3,(H2,26,27,30)/t14-,15-,31?/m1/s1. The number of nitrogens with one attached hydrogen (secondary N) is 3. The van der Waals surface area contributed by atoms with Crippen LogP contribution >= 0.6 is 12.2 Å².